The maximum absolute atomic E-state index is 4.45. The van der Waals surface area contributed by atoms with E-state index in [4.69, 9.17) is 0 Å². The Morgan fingerprint density at radius 1 is 0.351 bits per heavy atom. The van der Waals surface area contributed by atoms with Crippen LogP contribution in [0.15, 0.2) is 195 Å². The minimum atomic E-state index is -0.392. The molecule has 0 unspecified atom stereocenters. The highest BCUT2D eigenvalue weighted by molar-refractivity contribution is 6.16. The lowest BCUT2D eigenvalue weighted by molar-refractivity contribution is 0.794. The maximum Gasteiger partial charge on any atom is 0.0726 e. The van der Waals surface area contributed by atoms with Crippen LogP contribution in [0.4, 0.5) is 0 Å². The van der Waals surface area contributed by atoms with Crippen molar-refractivity contribution >= 4 is 43.6 Å². The van der Waals surface area contributed by atoms with E-state index in [0.29, 0.717) is 0 Å². The molecule has 0 saturated heterocycles. The molecule has 1 spiro atoms. The van der Waals surface area contributed by atoms with Gasteiger partial charge in [0.25, 0.3) is 0 Å². The number of pyridine rings is 2. The monoisotopic (exact) mass is 724 g/mol. The van der Waals surface area contributed by atoms with Gasteiger partial charge in [-0.1, -0.05) is 127 Å². The largest absolute Gasteiger partial charge is 0.309 e. The van der Waals surface area contributed by atoms with Crippen molar-refractivity contribution in [3.63, 3.8) is 0 Å². The van der Waals surface area contributed by atoms with Gasteiger partial charge < -0.3 is 9.13 Å². The first kappa shape index (κ1) is 30.7. The third-order valence-corrected chi connectivity index (χ3v) is 12.7. The summed E-state index contributed by atoms with van der Waals surface area (Å²) in [5, 5.41) is 4.81. The molecule has 4 nitrogen and oxygen atoms in total. The zero-order chi connectivity index (χ0) is 37.2. The van der Waals surface area contributed by atoms with Crippen LogP contribution in [0, 0.1) is 0 Å². The Kier molecular flexibility index (Phi) is 6.07. The smallest absolute Gasteiger partial charge is 0.0726 e. The molecule has 4 heteroatoms. The van der Waals surface area contributed by atoms with E-state index in [1.165, 1.54) is 77.4 Å². The molecule has 0 bridgehead atoms. The van der Waals surface area contributed by atoms with Crippen LogP contribution in [0.5, 0.6) is 0 Å². The summed E-state index contributed by atoms with van der Waals surface area (Å²) in [6, 6.07) is 63.0. The first-order valence-corrected chi connectivity index (χ1v) is 19.6. The second-order valence-corrected chi connectivity index (χ2v) is 15.3. The molecule has 0 amide bonds. The van der Waals surface area contributed by atoms with Crippen molar-refractivity contribution in [3.8, 4) is 44.8 Å². The summed E-state index contributed by atoms with van der Waals surface area (Å²) in [5.41, 5.74) is 19.6. The minimum Gasteiger partial charge on any atom is -0.309 e. The van der Waals surface area contributed by atoms with Crippen molar-refractivity contribution in [2.24, 2.45) is 0 Å². The zero-order valence-corrected chi connectivity index (χ0v) is 30.8. The number of hydrogen-bond acceptors (Lipinski definition) is 2. The Bertz CT molecular complexity index is 3360. The molecule has 264 valence electrons. The molecule has 0 radical (unpaired) electrons. The molecule has 0 N–H and O–H groups in total. The van der Waals surface area contributed by atoms with Crippen molar-refractivity contribution in [3.05, 3.63) is 217 Å². The van der Waals surface area contributed by atoms with Gasteiger partial charge in [0.2, 0.25) is 0 Å². The molecule has 4 aromatic heterocycles. The van der Waals surface area contributed by atoms with Gasteiger partial charge in [0.1, 0.15) is 0 Å². The Morgan fingerprint density at radius 3 is 1.61 bits per heavy atom. The van der Waals surface area contributed by atoms with Gasteiger partial charge in [0, 0.05) is 57.1 Å². The van der Waals surface area contributed by atoms with Gasteiger partial charge in [-0.3, -0.25) is 9.97 Å². The van der Waals surface area contributed by atoms with Gasteiger partial charge in [0.05, 0.1) is 33.7 Å². The van der Waals surface area contributed by atoms with E-state index >= 15 is 0 Å². The van der Waals surface area contributed by atoms with E-state index < -0.39 is 5.41 Å². The summed E-state index contributed by atoms with van der Waals surface area (Å²) in [4.78, 5) is 8.86. The summed E-state index contributed by atoms with van der Waals surface area (Å²) in [5.74, 6) is 0. The molecular formula is C53H32N4. The number of para-hydroxylation sites is 1. The van der Waals surface area contributed by atoms with Gasteiger partial charge in [-0.15, -0.1) is 0 Å². The molecule has 4 heterocycles. The van der Waals surface area contributed by atoms with Gasteiger partial charge in [-0.25, -0.2) is 0 Å². The number of aromatic nitrogens is 4. The lowest BCUT2D eigenvalue weighted by Gasteiger charge is -2.30. The topological polar surface area (TPSA) is 35.6 Å². The SMILES string of the molecule is c1ccc2c(c1)-c1ccccc1C21c2ccccc2-c2c1ccc1c3ccccc3n(-c3ccc(-c4ccc(-n5c6ccncc6c6ccncc65)cc4)cc3)c21. The molecule has 13 rings (SSSR count). The van der Waals surface area contributed by atoms with E-state index in [1.807, 2.05) is 24.8 Å². The quantitative estimate of drug-likeness (QED) is 0.182. The summed E-state index contributed by atoms with van der Waals surface area (Å²) in [6.07, 6.45) is 7.59. The van der Waals surface area contributed by atoms with E-state index in [0.717, 1.165) is 33.2 Å². The molecular weight excluding hydrogens is 693 g/mol. The van der Waals surface area contributed by atoms with E-state index in [9.17, 15) is 0 Å². The molecule has 0 saturated carbocycles. The molecule has 0 aliphatic heterocycles. The summed E-state index contributed by atoms with van der Waals surface area (Å²) >= 11 is 0. The molecule has 57 heavy (non-hydrogen) atoms. The fraction of sp³-hybridized carbons (Fsp3) is 0.0189. The normalized spacial score (nSPS) is 13.4. The Morgan fingerprint density at radius 2 is 0.895 bits per heavy atom. The van der Waals surface area contributed by atoms with E-state index in [2.05, 4.69) is 189 Å². The van der Waals surface area contributed by atoms with Gasteiger partial charge in [0.15, 0.2) is 0 Å². The van der Waals surface area contributed by atoms with Crippen LogP contribution in [0.1, 0.15) is 22.3 Å². The molecule has 2 aliphatic carbocycles. The van der Waals surface area contributed by atoms with Gasteiger partial charge in [-0.2, -0.15) is 0 Å². The second kappa shape index (κ2) is 11.2. The second-order valence-electron chi connectivity index (χ2n) is 15.3. The fourth-order valence-electron chi connectivity index (χ4n) is 10.5. The first-order valence-electron chi connectivity index (χ1n) is 19.6. The van der Waals surface area contributed by atoms with Crippen LogP contribution in [0.25, 0.3) is 88.4 Å². The number of nitrogens with zero attached hydrogens (tertiary/aromatic N) is 4. The van der Waals surface area contributed by atoms with Crippen LogP contribution in [-0.2, 0) is 5.41 Å². The molecule has 2 aliphatic rings. The van der Waals surface area contributed by atoms with Crippen LogP contribution in [0.2, 0.25) is 0 Å². The van der Waals surface area contributed by atoms with E-state index in [1.54, 1.807) is 0 Å². The summed E-state index contributed by atoms with van der Waals surface area (Å²) < 4.78 is 4.78. The number of benzene rings is 7. The van der Waals surface area contributed by atoms with Crippen molar-refractivity contribution in [1.82, 2.24) is 19.1 Å². The maximum atomic E-state index is 4.45. The number of hydrogen-bond donors (Lipinski definition) is 0. The summed E-state index contributed by atoms with van der Waals surface area (Å²) in [6.45, 7) is 0. The first-order chi connectivity index (χ1) is 28.3. The van der Waals surface area contributed by atoms with Crippen molar-refractivity contribution in [2.45, 2.75) is 5.41 Å². The molecule has 11 aromatic rings. The van der Waals surface area contributed by atoms with E-state index in [-0.39, 0.29) is 0 Å². The van der Waals surface area contributed by atoms with Gasteiger partial charge >= 0.3 is 0 Å². The Labute approximate surface area is 328 Å². The predicted octanol–water partition coefficient (Wildman–Crippen LogP) is 12.7. The highest BCUT2D eigenvalue weighted by Gasteiger charge is 2.52. The number of rotatable bonds is 3. The fourth-order valence-corrected chi connectivity index (χ4v) is 10.5. The highest BCUT2D eigenvalue weighted by atomic mass is 15.0. The zero-order valence-electron chi connectivity index (χ0n) is 30.8. The third-order valence-electron chi connectivity index (χ3n) is 12.7. The molecule has 7 aromatic carbocycles. The van der Waals surface area contributed by atoms with Crippen molar-refractivity contribution in [2.75, 3.05) is 0 Å². The lowest BCUT2D eigenvalue weighted by Crippen LogP contribution is -2.25. The van der Waals surface area contributed by atoms with Crippen LogP contribution in [-0.4, -0.2) is 19.1 Å². The molecule has 0 fully saturated rings. The van der Waals surface area contributed by atoms with Crippen LogP contribution < -0.4 is 0 Å². The van der Waals surface area contributed by atoms with Gasteiger partial charge in [-0.05, 0) is 92.5 Å². The minimum absolute atomic E-state index is 0.392. The summed E-state index contributed by atoms with van der Waals surface area (Å²) in [7, 11) is 0. The Balaban J connectivity index is 0.990. The predicted molar refractivity (Wildman–Crippen MR) is 232 cm³/mol. The number of fused-ring (bicyclic) bond motifs is 17. The van der Waals surface area contributed by atoms with Crippen LogP contribution >= 0.6 is 0 Å². The standard InChI is InChI=1S/C53H32N4/c1-5-13-44-37(9-1)38-10-2-6-14-45(38)53(44)46-15-7-3-12-42(46)51-47(53)26-25-41-39-11-4-8-16-48(39)57(52(41)51)36-23-19-34(20-24-36)33-17-21-35(22-18-33)56-49-28-30-54-31-43(49)40-27-29-55-32-50(40)56/h1-32H. The third kappa shape index (κ3) is 3.91. The van der Waals surface area contributed by atoms with Crippen LogP contribution in [0.3, 0.4) is 0 Å². The average molecular weight is 725 g/mol. The lowest BCUT2D eigenvalue weighted by atomic mass is 9.70. The molecule has 0 atom stereocenters. The van der Waals surface area contributed by atoms with Crippen molar-refractivity contribution < 1.29 is 0 Å². The van der Waals surface area contributed by atoms with Crippen molar-refractivity contribution in [1.29, 1.82) is 0 Å². The average Bonchev–Trinajstić information content (AvgIpc) is 3.99. The highest BCUT2D eigenvalue weighted by Crippen LogP contribution is 2.64. The Hall–Kier alpha value is -7.56.